The molecule has 1 atom stereocenters. The Hall–Kier alpha value is -0.380. The quantitative estimate of drug-likeness (QED) is 0.746. The van der Waals surface area contributed by atoms with Crippen LogP contribution in [0.15, 0.2) is 0 Å². The van der Waals surface area contributed by atoms with Crippen LogP contribution in [-0.2, 0) is 15.6 Å². The first-order valence-corrected chi connectivity index (χ1v) is 5.73. The highest BCUT2D eigenvalue weighted by Crippen LogP contribution is 2.21. The number of carboxylic acids is 1. The van der Waals surface area contributed by atoms with E-state index in [1.54, 1.807) is 0 Å². The first-order chi connectivity index (χ1) is 5.87. The van der Waals surface area contributed by atoms with Crippen LogP contribution in [0.4, 0.5) is 0 Å². The lowest BCUT2D eigenvalue weighted by Gasteiger charge is -2.23. The zero-order valence-corrected chi connectivity index (χ0v) is 9.48. The van der Waals surface area contributed by atoms with Crippen molar-refractivity contribution >= 4 is 16.8 Å². The number of rotatable bonds is 5. The lowest BCUT2D eigenvalue weighted by molar-refractivity contribution is -0.139. The predicted octanol–water partition coefficient (Wildman–Crippen LogP) is 1.79. The van der Waals surface area contributed by atoms with E-state index in [1.165, 1.54) is 13.8 Å². The molecule has 0 rings (SSSR count). The smallest absolute Gasteiger partial charge is 0.321 e. The Labute approximate surface area is 82.0 Å². The number of carboxylic acid groups (broad SMARTS) is 1. The number of hydrogen-bond acceptors (Lipinski definition) is 2. The Kier molecular flexibility index (Phi) is 4.61. The molecule has 4 heteroatoms. The molecule has 0 aromatic rings. The molecule has 0 aliphatic heterocycles. The number of hydrogen-bond donors (Lipinski definition) is 1. The van der Waals surface area contributed by atoms with E-state index in [1.807, 2.05) is 13.8 Å². The molecule has 78 valence electrons. The fourth-order valence-electron chi connectivity index (χ4n) is 1.09. The highest BCUT2D eigenvalue weighted by Gasteiger charge is 2.37. The summed E-state index contributed by atoms with van der Waals surface area (Å²) in [4.78, 5) is 10.8. The summed E-state index contributed by atoms with van der Waals surface area (Å²) in [7, 11) is -1.30. The summed E-state index contributed by atoms with van der Waals surface area (Å²) in [6.45, 7) is 6.90. The van der Waals surface area contributed by atoms with Crippen LogP contribution in [0, 0.1) is 0 Å². The molecular weight excluding hydrogens is 188 g/mol. The Morgan fingerprint density at radius 2 is 1.77 bits per heavy atom. The third-order valence-electron chi connectivity index (χ3n) is 2.23. The van der Waals surface area contributed by atoms with Crippen LogP contribution >= 0.6 is 0 Å². The van der Waals surface area contributed by atoms with Gasteiger partial charge in [0.1, 0.15) is 4.75 Å². The van der Waals surface area contributed by atoms with Crippen molar-refractivity contribution in [3.8, 4) is 0 Å². The molecular formula is C9H18O3S. The van der Waals surface area contributed by atoms with Gasteiger partial charge in [-0.15, -0.1) is 0 Å². The largest absolute Gasteiger partial charge is 0.480 e. The minimum atomic E-state index is -1.30. The molecule has 0 spiro atoms. The predicted molar refractivity (Wildman–Crippen MR) is 54.2 cm³/mol. The summed E-state index contributed by atoms with van der Waals surface area (Å²) in [6.07, 6.45) is 1.53. The first kappa shape index (κ1) is 12.6. The maximum atomic E-state index is 11.8. The maximum absolute atomic E-state index is 11.8. The van der Waals surface area contributed by atoms with Gasteiger partial charge in [-0.2, -0.15) is 0 Å². The summed E-state index contributed by atoms with van der Waals surface area (Å²) in [5.41, 5.74) is 0. The van der Waals surface area contributed by atoms with Crippen LogP contribution in [-0.4, -0.2) is 25.3 Å². The Bertz CT molecular complexity index is 207. The normalized spacial score (nSPS) is 14.5. The van der Waals surface area contributed by atoms with E-state index in [-0.39, 0.29) is 5.25 Å². The van der Waals surface area contributed by atoms with E-state index in [0.717, 1.165) is 12.8 Å². The van der Waals surface area contributed by atoms with Gasteiger partial charge < -0.3 is 5.11 Å². The fraction of sp³-hybridized carbons (Fsp3) is 0.889. The Morgan fingerprint density at radius 3 is 2.00 bits per heavy atom. The monoisotopic (exact) mass is 206 g/mol. The van der Waals surface area contributed by atoms with Crippen molar-refractivity contribution < 1.29 is 14.1 Å². The van der Waals surface area contributed by atoms with Crippen LogP contribution in [0.3, 0.4) is 0 Å². The van der Waals surface area contributed by atoms with Crippen molar-refractivity contribution in [1.29, 1.82) is 0 Å². The summed E-state index contributed by atoms with van der Waals surface area (Å²) in [5.74, 6) is -0.988. The van der Waals surface area contributed by atoms with Crippen molar-refractivity contribution in [2.45, 2.75) is 50.5 Å². The van der Waals surface area contributed by atoms with Gasteiger partial charge in [0.15, 0.2) is 0 Å². The molecule has 0 aromatic carbocycles. The second-order valence-corrected chi connectivity index (χ2v) is 5.83. The maximum Gasteiger partial charge on any atom is 0.321 e. The molecule has 0 aromatic heterocycles. The van der Waals surface area contributed by atoms with Gasteiger partial charge in [0.2, 0.25) is 0 Å². The van der Waals surface area contributed by atoms with Gasteiger partial charge in [0, 0.05) is 16.0 Å². The molecule has 0 saturated carbocycles. The van der Waals surface area contributed by atoms with Gasteiger partial charge in [-0.1, -0.05) is 13.8 Å². The molecule has 0 bridgehead atoms. The lowest BCUT2D eigenvalue weighted by Crippen LogP contribution is -2.41. The zero-order chi connectivity index (χ0) is 10.6. The molecule has 0 heterocycles. The second-order valence-electron chi connectivity index (χ2n) is 3.55. The van der Waals surface area contributed by atoms with E-state index in [2.05, 4.69) is 0 Å². The summed E-state index contributed by atoms with van der Waals surface area (Å²) >= 11 is 0. The summed E-state index contributed by atoms with van der Waals surface area (Å²) in [6, 6.07) is 0. The van der Waals surface area contributed by atoms with E-state index in [9.17, 15) is 9.00 Å². The zero-order valence-electron chi connectivity index (χ0n) is 8.66. The molecule has 0 amide bonds. The van der Waals surface area contributed by atoms with E-state index < -0.39 is 21.5 Å². The van der Waals surface area contributed by atoms with Gasteiger partial charge in [-0.05, 0) is 26.7 Å². The third kappa shape index (κ3) is 2.79. The van der Waals surface area contributed by atoms with Crippen LogP contribution in [0.5, 0.6) is 0 Å². The summed E-state index contributed by atoms with van der Waals surface area (Å²) in [5, 5.41) is 8.85. The third-order valence-corrected chi connectivity index (χ3v) is 4.68. The molecule has 0 fully saturated rings. The first-order valence-electron chi connectivity index (χ1n) is 4.51. The minimum absolute atomic E-state index is 0.00824. The van der Waals surface area contributed by atoms with Crippen molar-refractivity contribution in [1.82, 2.24) is 0 Å². The van der Waals surface area contributed by atoms with Gasteiger partial charge >= 0.3 is 5.97 Å². The minimum Gasteiger partial charge on any atom is -0.480 e. The summed E-state index contributed by atoms with van der Waals surface area (Å²) < 4.78 is 10.7. The highest BCUT2D eigenvalue weighted by molar-refractivity contribution is 7.87. The molecule has 0 aliphatic rings. The fourth-order valence-corrected chi connectivity index (χ4v) is 2.71. The van der Waals surface area contributed by atoms with Gasteiger partial charge in [-0.3, -0.25) is 9.00 Å². The number of carbonyl (C=O) groups is 1. The Balaban J connectivity index is 4.66. The van der Waals surface area contributed by atoms with Crippen molar-refractivity contribution in [2.75, 3.05) is 0 Å². The van der Waals surface area contributed by atoms with Gasteiger partial charge in [0.05, 0.1) is 0 Å². The second kappa shape index (κ2) is 4.74. The standard InChI is InChI=1S/C9H18O3S/c1-5-7(6-2)13(12)9(3,4)8(10)11/h7H,5-6H2,1-4H3,(H,10,11). The van der Waals surface area contributed by atoms with Crippen molar-refractivity contribution in [2.24, 2.45) is 0 Å². The van der Waals surface area contributed by atoms with Crippen LogP contribution < -0.4 is 0 Å². The van der Waals surface area contributed by atoms with Gasteiger partial charge in [-0.25, -0.2) is 0 Å². The molecule has 1 unspecified atom stereocenters. The lowest BCUT2D eigenvalue weighted by atomic mass is 10.2. The molecule has 0 aliphatic carbocycles. The Morgan fingerprint density at radius 1 is 1.38 bits per heavy atom. The van der Waals surface area contributed by atoms with Crippen molar-refractivity contribution in [3.63, 3.8) is 0 Å². The van der Waals surface area contributed by atoms with Crippen LogP contribution in [0.25, 0.3) is 0 Å². The average molecular weight is 206 g/mol. The molecule has 13 heavy (non-hydrogen) atoms. The van der Waals surface area contributed by atoms with E-state index in [4.69, 9.17) is 5.11 Å². The van der Waals surface area contributed by atoms with Crippen molar-refractivity contribution in [3.05, 3.63) is 0 Å². The van der Waals surface area contributed by atoms with E-state index in [0.29, 0.717) is 0 Å². The SMILES string of the molecule is CCC(CC)S(=O)C(C)(C)C(=O)O. The topological polar surface area (TPSA) is 54.4 Å². The van der Waals surface area contributed by atoms with E-state index >= 15 is 0 Å². The van der Waals surface area contributed by atoms with Crippen LogP contribution in [0.1, 0.15) is 40.5 Å². The molecule has 3 nitrogen and oxygen atoms in total. The molecule has 0 radical (unpaired) electrons. The van der Waals surface area contributed by atoms with Crippen LogP contribution in [0.2, 0.25) is 0 Å². The molecule has 0 saturated heterocycles. The average Bonchev–Trinajstić information content (AvgIpc) is 2.06. The number of aliphatic carboxylic acids is 1. The highest BCUT2D eigenvalue weighted by atomic mass is 32.2. The van der Waals surface area contributed by atoms with Gasteiger partial charge in [0.25, 0.3) is 0 Å². The molecule has 1 N–H and O–H groups in total.